The molecule has 0 aromatic carbocycles. The van der Waals surface area contributed by atoms with Gasteiger partial charge in [0.05, 0.1) is 0 Å². The van der Waals surface area contributed by atoms with E-state index in [0.29, 0.717) is 5.92 Å². The lowest BCUT2D eigenvalue weighted by Gasteiger charge is -2.20. The summed E-state index contributed by atoms with van der Waals surface area (Å²) in [6.07, 6.45) is 4.40. The minimum absolute atomic E-state index is 0.0643. The molecule has 78 valence electrons. The van der Waals surface area contributed by atoms with Gasteiger partial charge in [0.1, 0.15) is 0 Å². The number of hydrogen-bond acceptors (Lipinski definition) is 2. The smallest absolute Gasteiger partial charge is 0.159 e. The molecule has 0 aromatic rings. The van der Waals surface area contributed by atoms with Crippen molar-refractivity contribution >= 4 is 0 Å². The van der Waals surface area contributed by atoms with Crippen molar-refractivity contribution in [2.24, 2.45) is 5.92 Å². The SMILES string of the molecule is COC(OC)C(C)CCC=C(C)C. The van der Waals surface area contributed by atoms with E-state index in [-0.39, 0.29) is 6.29 Å². The molecule has 13 heavy (non-hydrogen) atoms. The largest absolute Gasteiger partial charge is 0.356 e. The fourth-order valence-corrected chi connectivity index (χ4v) is 1.33. The van der Waals surface area contributed by atoms with Crippen LogP contribution in [0, 0.1) is 5.92 Å². The molecule has 1 unspecified atom stereocenters. The average molecular weight is 186 g/mol. The molecule has 0 spiro atoms. The highest BCUT2D eigenvalue weighted by Crippen LogP contribution is 2.14. The highest BCUT2D eigenvalue weighted by atomic mass is 16.7. The molecule has 0 amide bonds. The zero-order valence-corrected chi connectivity index (χ0v) is 9.46. The molecule has 0 aromatic heterocycles. The van der Waals surface area contributed by atoms with E-state index in [0.717, 1.165) is 12.8 Å². The van der Waals surface area contributed by atoms with Gasteiger partial charge in [0.25, 0.3) is 0 Å². The van der Waals surface area contributed by atoms with Crippen molar-refractivity contribution in [2.75, 3.05) is 14.2 Å². The lowest BCUT2D eigenvalue weighted by atomic mass is 10.0. The van der Waals surface area contributed by atoms with Crippen molar-refractivity contribution in [3.63, 3.8) is 0 Å². The van der Waals surface area contributed by atoms with Gasteiger partial charge >= 0.3 is 0 Å². The molecule has 0 aliphatic heterocycles. The predicted octanol–water partition coefficient (Wildman–Crippen LogP) is 2.99. The number of rotatable bonds is 6. The van der Waals surface area contributed by atoms with Crippen molar-refractivity contribution in [2.45, 2.75) is 39.9 Å². The second-order valence-electron chi connectivity index (χ2n) is 3.68. The van der Waals surface area contributed by atoms with E-state index in [2.05, 4.69) is 26.8 Å². The molecule has 0 radical (unpaired) electrons. The lowest BCUT2D eigenvalue weighted by molar-refractivity contribution is -0.134. The van der Waals surface area contributed by atoms with Crippen LogP contribution < -0.4 is 0 Å². The van der Waals surface area contributed by atoms with E-state index in [9.17, 15) is 0 Å². The molecule has 0 fully saturated rings. The summed E-state index contributed by atoms with van der Waals surface area (Å²) < 4.78 is 10.4. The van der Waals surface area contributed by atoms with Crippen molar-refractivity contribution in [1.29, 1.82) is 0 Å². The van der Waals surface area contributed by atoms with E-state index in [1.165, 1.54) is 5.57 Å². The minimum Gasteiger partial charge on any atom is -0.356 e. The summed E-state index contributed by atoms with van der Waals surface area (Å²) in [6, 6.07) is 0. The van der Waals surface area contributed by atoms with Gasteiger partial charge in [-0.1, -0.05) is 18.6 Å². The standard InChI is InChI=1S/C11H22O2/c1-9(2)7-6-8-10(3)11(12-4)13-5/h7,10-11H,6,8H2,1-5H3. The predicted molar refractivity (Wildman–Crippen MR) is 55.6 cm³/mol. The summed E-state index contributed by atoms with van der Waals surface area (Å²) in [4.78, 5) is 0. The van der Waals surface area contributed by atoms with Gasteiger partial charge in [-0.15, -0.1) is 0 Å². The summed E-state index contributed by atoms with van der Waals surface area (Å²) in [5, 5.41) is 0. The monoisotopic (exact) mass is 186 g/mol. The second-order valence-corrected chi connectivity index (χ2v) is 3.68. The Hall–Kier alpha value is -0.340. The third-order valence-electron chi connectivity index (χ3n) is 2.10. The molecule has 0 saturated carbocycles. The Bertz CT molecular complexity index is 144. The second kappa shape index (κ2) is 7.10. The summed E-state index contributed by atoms with van der Waals surface area (Å²) in [6.45, 7) is 6.39. The molecule has 0 heterocycles. The van der Waals surface area contributed by atoms with Gasteiger partial charge in [-0.25, -0.2) is 0 Å². The Morgan fingerprint density at radius 2 is 1.77 bits per heavy atom. The molecular weight excluding hydrogens is 164 g/mol. The minimum atomic E-state index is -0.0643. The van der Waals surface area contributed by atoms with Crippen molar-refractivity contribution in [3.05, 3.63) is 11.6 Å². The van der Waals surface area contributed by atoms with Crippen LogP contribution >= 0.6 is 0 Å². The van der Waals surface area contributed by atoms with Gasteiger partial charge in [-0.3, -0.25) is 0 Å². The van der Waals surface area contributed by atoms with E-state index in [1.807, 2.05) is 0 Å². The quantitative estimate of drug-likeness (QED) is 0.469. The van der Waals surface area contributed by atoms with Gasteiger partial charge in [0.2, 0.25) is 0 Å². The van der Waals surface area contributed by atoms with Crippen LogP contribution in [0.15, 0.2) is 11.6 Å². The molecule has 0 saturated heterocycles. The molecule has 2 nitrogen and oxygen atoms in total. The summed E-state index contributed by atoms with van der Waals surface area (Å²) in [5.74, 6) is 0.450. The fraction of sp³-hybridized carbons (Fsp3) is 0.818. The Balaban J connectivity index is 3.72. The first-order valence-corrected chi connectivity index (χ1v) is 4.80. The normalized spacial score (nSPS) is 13.1. The third kappa shape index (κ3) is 5.83. The van der Waals surface area contributed by atoms with Crippen LogP contribution in [0.25, 0.3) is 0 Å². The Morgan fingerprint density at radius 3 is 2.15 bits per heavy atom. The number of hydrogen-bond donors (Lipinski definition) is 0. The zero-order valence-electron chi connectivity index (χ0n) is 9.46. The van der Waals surface area contributed by atoms with Crippen LogP contribution in [0.5, 0.6) is 0 Å². The maximum Gasteiger partial charge on any atom is 0.159 e. The molecule has 0 N–H and O–H groups in total. The van der Waals surface area contributed by atoms with Crippen LogP contribution in [0.3, 0.4) is 0 Å². The Kier molecular flexibility index (Phi) is 6.92. The first-order chi connectivity index (χ1) is 6.11. The summed E-state index contributed by atoms with van der Waals surface area (Å²) in [5.41, 5.74) is 1.37. The maximum absolute atomic E-state index is 5.18. The highest BCUT2D eigenvalue weighted by Gasteiger charge is 2.14. The first-order valence-electron chi connectivity index (χ1n) is 4.80. The molecule has 0 bridgehead atoms. The van der Waals surface area contributed by atoms with Crippen LogP contribution in [0.2, 0.25) is 0 Å². The van der Waals surface area contributed by atoms with Gasteiger partial charge < -0.3 is 9.47 Å². The van der Waals surface area contributed by atoms with E-state index in [1.54, 1.807) is 14.2 Å². The number of ether oxygens (including phenoxy) is 2. The summed E-state index contributed by atoms with van der Waals surface area (Å²) in [7, 11) is 3.37. The molecule has 2 heteroatoms. The molecule has 0 rings (SSSR count). The fourth-order valence-electron chi connectivity index (χ4n) is 1.33. The highest BCUT2D eigenvalue weighted by molar-refractivity contribution is 4.92. The van der Waals surface area contributed by atoms with Crippen LogP contribution in [0.1, 0.15) is 33.6 Å². The zero-order chi connectivity index (χ0) is 10.3. The number of allylic oxidation sites excluding steroid dienone is 2. The van der Waals surface area contributed by atoms with Crippen LogP contribution in [-0.2, 0) is 9.47 Å². The van der Waals surface area contributed by atoms with Gasteiger partial charge in [-0.05, 0) is 26.7 Å². The topological polar surface area (TPSA) is 18.5 Å². The van der Waals surface area contributed by atoms with Gasteiger partial charge in [-0.2, -0.15) is 0 Å². The molecular formula is C11H22O2. The third-order valence-corrected chi connectivity index (χ3v) is 2.10. The van der Waals surface area contributed by atoms with Crippen LogP contribution in [0.4, 0.5) is 0 Å². The van der Waals surface area contributed by atoms with Crippen LogP contribution in [-0.4, -0.2) is 20.5 Å². The summed E-state index contributed by atoms with van der Waals surface area (Å²) >= 11 is 0. The van der Waals surface area contributed by atoms with E-state index < -0.39 is 0 Å². The maximum atomic E-state index is 5.18. The molecule has 0 aliphatic carbocycles. The molecule has 0 aliphatic rings. The average Bonchev–Trinajstić information content (AvgIpc) is 2.05. The first kappa shape index (κ1) is 12.7. The van der Waals surface area contributed by atoms with Crippen molar-refractivity contribution < 1.29 is 9.47 Å². The van der Waals surface area contributed by atoms with Gasteiger partial charge in [0.15, 0.2) is 6.29 Å². The van der Waals surface area contributed by atoms with E-state index in [4.69, 9.17) is 9.47 Å². The number of methoxy groups -OCH3 is 2. The Labute approximate surface area is 81.9 Å². The van der Waals surface area contributed by atoms with Crippen molar-refractivity contribution in [3.8, 4) is 0 Å². The van der Waals surface area contributed by atoms with E-state index >= 15 is 0 Å². The lowest BCUT2D eigenvalue weighted by Crippen LogP contribution is -2.22. The molecule has 1 atom stereocenters. The van der Waals surface area contributed by atoms with Gasteiger partial charge in [0, 0.05) is 20.1 Å². The van der Waals surface area contributed by atoms with Crippen molar-refractivity contribution in [1.82, 2.24) is 0 Å². The Morgan fingerprint density at radius 1 is 1.23 bits per heavy atom.